The molecule has 0 aliphatic carbocycles. The lowest BCUT2D eigenvalue weighted by Crippen LogP contribution is -2.56. The van der Waals surface area contributed by atoms with Crippen molar-refractivity contribution >= 4 is 23.7 Å². The fraction of sp³-hybridized carbons (Fsp3) is 0.727. The predicted octanol–water partition coefficient (Wildman–Crippen LogP) is 0.921. The number of anilines is 2. The number of hydrogen-bond donors (Lipinski definition) is 3. The van der Waals surface area contributed by atoms with Gasteiger partial charge >= 0.3 is 0 Å². The Morgan fingerprint density at radius 2 is 1.73 bits per heavy atom. The van der Waals surface area contributed by atoms with Crippen LogP contribution < -0.4 is 9.80 Å². The summed E-state index contributed by atoms with van der Waals surface area (Å²) in [4.78, 5) is 34.2. The van der Waals surface area contributed by atoms with E-state index in [2.05, 4.69) is 26.7 Å². The predicted molar refractivity (Wildman–Crippen MR) is 124 cm³/mol. The number of aliphatic hydroxyl groups excluding tert-OH is 1. The second kappa shape index (κ2) is 12.7. The van der Waals surface area contributed by atoms with Gasteiger partial charge in [0.05, 0.1) is 24.9 Å². The highest BCUT2D eigenvalue weighted by atomic mass is 16.5. The molecule has 3 saturated heterocycles. The van der Waals surface area contributed by atoms with Crippen molar-refractivity contribution in [2.45, 2.75) is 51.2 Å². The third-order valence-corrected chi connectivity index (χ3v) is 5.78. The minimum absolute atomic E-state index is 0.0502. The molecule has 0 amide bonds. The number of piperidine rings is 2. The van der Waals surface area contributed by atoms with Gasteiger partial charge in [-0.2, -0.15) is 4.98 Å². The number of rotatable bonds is 2. The first-order valence-electron chi connectivity index (χ1n) is 11.3. The molecule has 1 spiro atoms. The molecule has 0 aromatic carbocycles. The minimum atomic E-state index is -0.833. The van der Waals surface area contributed by atoms with E-state index in [1.807, 2.05) is 12.3 Å². The molecule has 186 valence electrons. The Labute approximate surface area is 195 Å². The highest BCUT2D eigenvalue weighted by Gasteiger charge is 2.39. The molecule has 0 bridgehead atoms. The van der Waals surface area contributed by atoms with Gasteiger partial charge in [-0.25, -0.2) is 4.98 Å². The van der Waals surface area contributed by atoms with E-state index in [0.29, 0.717) is 6.54 Å². The fourth-order valence-corrected chi connectivity index (χ4v) is 4.17. The number of aromatic nitrogens is 2. The van der Waals surface area contributed by atoms with Gasteiger partial charge in [0.15, 0.2) is 0 Å². The maximum absolute atomic E-state index is 9.93. The van der Waals surface area contributed by atoms with Crippen LogP contribution in [0.4, 0.5) is 11.8 Å². The van der Waals surface area contributed by atoms with E-state index in [1.165, 1.54) is 0 Å². The zero-order valence-corrected chi connectivity index (χ0v) is 19.8. The summed E-state index contributed by atoms with van der Waals surface area (Å²) in [5, 5.41) is 24.8. The maximum atomic E-state index is 9.93. The quantitative estimate of drug-likeness (QED) is 0.572. The first-order chi connectivity index (χ1) is 15.6. The van der Waals surface area contributed by atoms with Crippen LogP contribution in [0.2, 0.25) is 0 Å². The number of nitrogens with zero attached hydrogens (tertiary/aromatic N) is 5. The molecule has 1 aromatic heterocycles. The Morgan fingerprint density at radius 1 is 1.09 bits per heavy atom. The van der Waals surface area contributed by atoms with E-state index in [-0.39, 0.29) is 11.7 Å². The van der Waals surface area contributed by atoms with E-state index in [4.69, 9.17) is 29.5 Å². The van der Waals surface area contributed by atoms with Crippen LogP contribution in [0.25, 0.3) is 0 Å². The van der Waals surface area contributed by atoms with E-state index < -0.39 is 11.9 Å². The van der Waals surface area contributed by atoms with Gasteiger partial charge in [-0.15, -0.1) is 0 Å². The van der Waals surface area contributed by atoms with Crippen molar-refractivity contribution in [2.75, 3.05) is 62.7 Å². The van der Waals surface area contributed by atoms with E-state index in [9.17, 15) is 5.11 Å². The van der Waals surface area contributed by atoms with Crippen LogP contribution in [-0.2, 0) is 14.3 Å². The second-order valence-corrected chi connectivity index (χ2v) is 8.75. The van der Waals surface area contributed by atoms with Crippen LogP contribution in [-0.4, -0.2) is 107 Å². The largest absolute Gasteiger partial charge is 0.481 e. The summed E-state index contributed by atoms with van der Waals surface area (Å²) in [5.41, 5.74) is -0.0502. The van der Waals surface area contributed by atoms with Gasteiger partial charge in [-0.1, -0.05) is 0 Å². The third-order valence-electron chi connectivity index (χ3n) is 5.78. The van der Waals surface area contributed by atoms with Crippen molar-refractivity contribution in [3.05, 3.63) is 12.3 Å². The van der Waals surface area contributed by atoms with Gasteiger partial charge in [0.1, 0.15) is 5.82 Å². The highest BCUT2D eigenvalue weighted by molar-refractivity contribution is 5.63. The van der Waals surface area contributed by atoms with Gasteiger partial charge in [0.2, 0.25) is 5.95 Å². The van der Waals surface area contributed by atoms with Gasteiger partial charge < -0.3 is 34.8 Å². The molecule has 0 radical (unpaired) electrons. The average molecular weight is 468 g/mol. The summed E-state index contributed by atoms with van der Waals surface area (Å²) >= 11 is 0. The van der Waals surface area contributed by atoms with E-state index in [1.54, 1.807) is 0 Å². The standard InChI is InChI=1S/C18H29N5O2.2C2H4O2/c1-21-9-5-18(6-10-21)14-23(11-12-25-18)17-19-7-4-16(20-17)22-8-2-3-15(24)13-22;2*1-2(3)4/h4,7,15,24H,2-3,5-6,8-14H2,1H3;2*1H3,(H,3,4). The Balaban J connectivity index is 0.000000420. The lowest BCUT2D eigenvalue weighted by atomic mass is 9.89. The monoisotopic (exact) mass is 467 g/mol. The van der Waals surface area contributed by atoms with Gasteiger partial charge in [0, 0.05) is 52.8 Å². The zero-order valence-electron chi connectivity index (χ0n) is 19.8. The number of aliphatic hydroxyl groups is 1. The van der Waals surface area contributed by atoms with Crippen molar-refractivity contribution in [1.29, 1.82) is 0 Å². The van der Waals surface area contributed by atoms with E-state index >= 15 is 0 Å². The molecule has 11 heteroatoms. The molecule has 11 nitrogen and oxygen atoms in total. The van der Waals surface area contributed by atoms with Gasteiger partial charge in [-0.05, 0) is 38.8 Å². The van der Waals surface area contributed by atoms with Crippen LogP contribution >= 0.6 is 0 Å². The average Bonchev–Trinajstić information content (AvgIpc) is 2.76. The third kappa shape index (κ3) is 9.10. The number of carboxylic acid groups (broad SMARTS) is 2. The Hall–Kier alpha value is -2.50. The van der Waals surface area contributed by atoms with Crippen molar-refractivity contribution < 1.29 is 29.6 Å². The van der Waals surface area contributed by atoms with Crippen LogP contribution in [0.3, 0.4) is 0 Å². The summed E-state index contributed by atoms with van der Waals surface area (Å²) in [6.07, 6.45) is 5.62. The molecular weight excluding hydrogens is 430 g/mol. The summed E-state index contributed by atoms with van der Waals surface area (Å²) in [5.74, 6) is 0.0480. The normalized spacial score (nSPS) is 22.5. The van der Waals surface area contributed by atoms with Gasteiger partial charge in [0.25, 0.3) is 11.9 Å². The number of carbonyl (C=O) groups is 2. The number of morpholine rings is 1. The summed E-state index contributed by atoms with van der Waals surface area (Å²) in [6.45, 7) is 8.39. The first-order valence-corrected chi connectivity index (χ1v) is 11.3. The van der Waals surface area contributed by atoms with Crippen LogP contribution in [0.5, 0.6) is 0 Å². The maximum Gasteiger partial charge on any atom is 0.300 e. The number of carboxylic acids is 2. The molecule has 1 atom stereocenters. The molecule has 1 unspecified atom stereocenters. The smallest absolute Gasteiger partial charge is 0.300 e. The zero-order chi connectivity index (χ0) is 24.4. The number of likely N-dealkylation sites (tertiary alicyclic amines) is 1. The molecular formula is C22H37N5O6. The Bertz CT molecular complexity index is 751. The van der Waals surface area contributed by atoms with Gasteiger partial charge in [-0.3, -0.25) is 9.59 Å². The summed E-state index contributed by atoms with van der Waals surface area (Å²) in [6, 6.07) is 1.95. The van der Waals surface area contributed by atoms with Crippen LogP contribution in [0, 0.1) is 0 Å². The molecule has 1 aromatic rings. The Kier molecular flexibility index (Phi) is 10.3. The van der Waals surface area contributed by atoms with Crippen LogP contribution in [0.1, 0.15) is 39.5 Å². The van der Waals surface area contributed by atoms with Crippen molar-refractivity contribution in [3.63, 3.8) is 0 Å². The molecule has 4 heterocycles. The lowest BCUT2D eigenvalue weighted by molar-refractivity contribution is -0.135. The molecule has 3 aliphatic heterocycles. The Morgan fingerprint density at radius 3 is 2.33 bits per heavy atom. The minimum Gasteiger partial charge on any atom is -0.481 e. The molecule has 3 N–H and O–H groups in total. The molecule has 3 aliphatic rings. The molecule has 0 saturated carbocycles. The van der Waals surface area contributed by atoms with Crippen molar-refractivity contribution in [1.82, 2.24) is 14.9 Å². The number of β-amino-alcohol motifs (C(OH)–C–C–N with tert-alkyl or cyclic N) is 1. The molecule has 3 fully saturated rings. The number of ether oxygens (including phenoxy) is 1. The molecule has 4 rings (SSSR count). The second-order valence-electron chi connectivity index (χ2n) is 8.75. The molecule has 33 heavy (non-hydrogen) atoms. The van der Waals surface area contributed by atoms with Crippen molar-refractivity contribution in [3.8, 4) is 0 Å². The first kappa shape index (κ1) is 26.7. The number of aliphatic carboxylic acids is 2. The van der Waals surface area contributed by atoms with E-state index in [0.717, 1.165) is 90.6 Å². The SMILES string of the molecule is CC(=O)O.CC(=O)O.CN1CCC2(CC1)CN(c1nccc(N3CCCC(O)C3)n1)CCO2. The van der Waals surface area contributed by atoms with Crippen molar-refractivity contribution in [2.24, 2.45) is 0 Å². The number of hydrogen-bond acceptors (Lipinski definition) is 9. The summed E-state index contributed by atoms with van der Waals surface area (Å²) in [7, 11) is 2.17. The fourth-order valence-electron chi connectivity index (χ4n) is 4.17. The summed E-state index contributed by atoms with van der Waals surface area (Å²) < 4.78 is 6.20. The highest BCUT2D eigenvalue weighted by Crippen LogP contribution is 2.31. The van der Waals surface area contributed by atoms with Crippen LogP contribution in [0.15, 0.2) is 12.3 Å². The topological polar surface area (TPSA) is 140 Å². The lowest BCUT2D eigenvalue weighted by Gasteiger charge is -2.46.